The second-order valence-electron chi connectivity index (χ2n) is 7.15. The highest BCUT2D eigenvalue weighted by atomic mass is 32.2. The third-order valence-electron chi connectivity index (χ3n) is 5.26. The third kappa shape index (κ3) is 4.49. The van der Waals surface area contributed by atoms with Crippen molar-refractivity contribution in [3.8, 4) is 0 Å². The summed E-state index contributed by atoms with van der Waals surface area (Å²) < 4.78 is 0. The first-order valence-corrected chi connectivity index (χ1v) is 12.6. The normalized spacial score (nSPS) is 11.4. The number of anilines is 1. The van der Waals surface area contributed by atoms with Gasteiger partial charge < -0.3 is 0 Å². The number of aromatic nitrogens is 4. The number of fused-ring (bicyclic) bond motifs is 1. The van der Waals surface area contributed by atoms with Crippen molar-refractivity contribution in [3.05, 3.63) is 51.6 Å². The smallest absolute Gasteiger partial charge is 0.258 e. The number of benzene rings is 1. The molecule has 0 saturated carbocycles. The minimum absolute atomic E-state index is 0.195. The maximum atomic E-state index is 13.1. The minimum atomic E-state index is -0.195. The standard InChI is InChI=1S/C22H23N5OS3/c1-5-14(6-2)19-26-27-22(31-19)25-18(28)15-9-7-8-10-16(15)30-21-17-12(3)13(4)29-20(17)23-11-24-21/h7-11,14H,5-6H2,1-4H3,(H,25,27,28). The Labute approximate surface area is 193 Å². The van der Waals surface area contributed by atoms with Crippen LogP contribution in [0.4, 0.5) is 5.13 Å². The van der Waals surface area contributed by atoms with Gasteiger partial charge in [0, 0.05) is 21.1 Å². The van der Waals surface area contributed by atoms with Crippen molar-refractivity contribution in [2.45, 2.75) is 56.4 Å². The summed E-state index contributed by atoms with van der Waals surface area (Å²) in [6, 6.07) is 7.56. The van der Waals surface area contributed by atoms with E-state index in [1.807, 2.05) is 24.3 Å². The van der Waals surface area contributed by atoms with Crippen LogP contribution in [0.3, 0.4) is 0 Å². The van der Waals surface area contributed by atoms with Crippen molar-refractivity contribution in [3.63, 3.8) is 0 Å². The van der Waals surface area contributed by atoms with Crippen molar-refractivity contribution in [1.82, 2.24) is 20.2 Å². The number of aryl methyl sites for hydroxylation is 2. The fraction of sp³-hybridized carbons (Fsp3) is 0.318. The lowest BCUT2D eigenvalue weighted by Crippen LogP contribution is -2.12. The van der Waals surface area contributed by atoms with E-state index in [1.54, 1.807) is 17.7 Å². The lowest BCUT2D eigenvalue weighted by Gasteiger charge is -2.09. The van der Waals surface area contributed by atoms with Gasteiger partial charge in [0.1, 0.15) is 21.2 Å². The average Bonchev–Trinajstić information content (AvgIpc) is 3.34. The topological polar surface area (TPSA) is 80.7 Å². The molecule has 0 saturated heterocycles. The van der Waals surface area contributed by atoms with Crippen molar-refractivity contribution in [1.29, 1.82) is 0 Å². The van der Waals surface area contributed by atoms with Crippen LogP contribution in [0.2, 0.25) is 0 Å². The molecule has 3 aromatic heterocycles. The van der Waals surface area contributed by atoms with Gasteiger partial charge in [0.2, 0.25) is 5.13 Å². The first-order chi connectivity index (χ1) is 15.0. The van der Waals surface area contributed by atoms with Crippen LogP contribution in [-0.2, 0) is 0 Å². The number of rotatable bonds is 7. The van der Waals surface area contributed by atoms with E-state index in [-0.39, 0.29) is 5.91 Å². The molecule has 0 spiro atoms. The number of thiophene rings is 1. The van der Waals surface area contributed by atoms with E-state index in [0.29, 0.717) is 16.6 Å². The predicted octanol–water partition coefficient (Wildman–Crippen LogP) is 6.47. The maximum Gasteiger partial charge on any atom is 0.258 e. The highest BCUT2D eigenvalue weighted by molar-refractivity contribution is 7.99. The van der Waals surface area contributed by atoms with Crippen molar-refractivity contribution < 1.29 is 4.79 Å². The molecule has 6 nitrogen and oxygen atoms in total. The fourth-order valence-corrected chi connectivity index (χ4v) is 6.47. The summed E-state index contributed by atoms with van der Waals surface area (Å²) in [4.78, 5) is 25.0. The zero-order valence-corrected chi connectivity index (χ0v) is 20.2. The van der Waals surface area contributed by atoms with Gasteiger partial charge in [-0.15, -0.1) is 21.5 Å². The fourth-order valence-electron chi connectivity index (χ4n) is 3.33. The van der Waals surface area contributed by atoms with Gasteiger partial charge in [-0.25, -0.2) is 9.97 Å². The largest absolute Gasteiger partial charge is 0.296 e. The number of amides is 1. The predicted molar refractivity (Wildman–Crippen MR) is 129 cm³/mol. The Morgan fingerprint density at radius 1 is 1.10 bits per heavy atom. The second-order valence-corrected chi connectivity index (χ2v) is 10.4. The quantitative estimate of drug-likeness (QED) is 0.313. The van der Waals surface area contributed by atoms with E-state index < -0.39 is 0 Å². The van der Waals surface area contributed by atoms with Gasteiger partial charge in [-0.3, -0.25) is 10.1 Å². The van der Waals surface area contributed by atoms with E-state index in [1.165, 1.54) is 33.5 Å². The molecule has 0 radical (unpaired) electrons. The van der Waals surface area contributed by atoms with Gasteiger partial charge in [-0.2, -0.15) is 0 Å². The van der Waals surface area contributed by atoms with Crippen LogP contribution in [0.5, 0.6) is 0 Å². The number of carbonyl (C=O) groups excluding carboxylic acids is 1. The molecule has 0 unspecified atom stereocenters. The SMILES string of the molecule is CCC(CC)c1nnc(NC(=O)c2ccccc2Sc2ncnc3sc(C)c(C)c23)s1. The zero-order valence-electron chi connectivity index (χ0n) is 17.8. The summed E-state index contributed by atoms with van der Waals surface area (Å²) in [5, 5.41) is 14.8. The lowest BCUT2D eigenvalue weighted by atomic mass is 10.1. The Balaban J connectivity index is 1.60. The van der Waals surface area contributed by atoms with Gasteiger partial charge in [-0.1, -0.05) is 49.1 Å². The van der Waals surface area contributed by atoms with Gasteiger partial charge in [0.25, 0.3) is 5.91 Å². The van der Waals surface area contributed by atoms with Gasteiger partial charge >= 0.3 is 0 Å². The number of nitrogens with zero attached hydrogens (tertiary/aromatic N) is 4. The maximum absolute atomic E-state index is 13.1. The Morgan fingerprint density at radius 2 is 1.87 bits per heavy atom. The molecule has 0 fully saturated rings. The molecule has 3 heterocycles. The molecule has 9 heteroatoms. The van der Waals surface area contributed by atoms with Crippen molar-refractivity contribution in [2.24, 2.45) is 0 Å². The Bertz CT molecular complexity index is 1230. The summed E-state index contributed by atoms with van der Waals surface area (Å²) >= 11 is 4.61. The van der Waals surface area contributed by atoms with E-state index in [9.17, 15) is 4.79 Å². The van der Waals surface area contributed by atoms with E-state index in [4.69, 9.17) is 0 Å². The van der Waals surface area contributed by atoms with E-state index >= 15 is 0 Å². The van der Waals surface area contributed by atoms with E-state index in [0.717, 1.165) is 38.0 Å². The van der Waals surface area contributed by atoms with Crippen LogP contribution in [0.1, 0.15) is 58.4 Å². The summed E-state index contributed by atoms with van der Waals surface area (Å²) in [6.45, 7) is 8.47. The number of nitrogens with one attached hydrogen (secondary N) is 1. The molecule has 0 aliphatic rings. The zero-order chi connectivity index (χ0) is 22.0. The van der Waals surface area contributed by atoms with Gasteiger partial charge in [0.15, 0.2) is 0 Å². The average molecular weight is 470 g/mol. The monoisotopic (exact) mass is 469 g/mol. The first-order valence-electron chi connectivity index (χ1n) is 10.1. The lowest BCUT2D eigenvalue weighted by molar-refractivity contribution is 0.102. The van der Waals surface area contributed by atoms with Crippen molar-refractivity contribution >= 4 is 55.7 Å². The summed E-state index contributed by atoms with van der Waals surface area (Å²) in [5.74, 6) is 0.183. The molecule has 160 valence electrons. The molecule has 1 amide bonds. The summed E-state index contributed by atoms with van der Waals surface area (Å²) in [5.41, 5.74) is 1.77. The number of hydrogen-bond donors (Lipinski definition) is 1. The molecule has 1 aromatic carbocycles. The molecule has 0 aliphatic carbocycles. The number of hydrogen-bond acceptors (Lipinski definition) is 8. The van der Waals surface area contributed by atoms with E-state index in [2.05, 4.69) is 53.2 Å². The van der Waals surface area contributed by atoms with Crippen LogP contribution in [-0.4, -0.2) is 26.1 Å². The summed E-state index contributed by atoms with van der Waals surface area (Å²) in [7, 11) is 0. The Hall–Kier alpha value is -2.36. The van der Waals surface area contributed by atoms with Crippen LogP contribution in [0, 0.1) is 13.8 Å². The Morgan fingerprint density at radius 3 is 2.65 bits per heavy atom. The molecular formula is C22H23N5OS3. The highest BCUT2D eigenvalue weighted by Gasteiger charge is 2.19. The molecule has 4 rings (SSSR count). The van der Waals surface area contributed by atoms with Crippen LogP contribution < -0.4 is 5.32 Å². The molecule has 4 aromatic rings. The molecule has 0 bridgehead atoms. The van der Waals surface area contributed by atoms with Gasteiger partial charge in [0.05, 0.1) is 5.56 Å². The van der Waals surface area contributed by atoms with Crippen LogP contribution in [0.25, 0.3) is 10.2 Å². The van der Waals surface area contributed by atoms with Gasteiger partial charge in [-0.05, 0) is 44.4 Å². The first kappa shape index (κ1) is 21.9. The molecule has 0 aliphatic heterocycles. The van der Waals surface area contributed by atoms with Crippen LogP contribution in [0.15, 0.2) is 40.5 Å². The summed E-state index contributed by atoms with van der Waals surface area (Å²) in [6.07, 6.45) is 3.60. The molecule has 0 atom stereocenters. The molecule has 1 N–H and O–H groups in total. The van der Waals surface area contributed by atoms with Crippen molar-refractivity contribution in [2.75, 3.05) is 5.32 Å². The highest BCUT2D eigenvalue weighted by Crippen LogP contribution is 2.38. The molecular weight excluding hydrogens is 446 g/mol. The number of carbonyl (C=O) groups is 1. The third-order valence-corrected chi connectivity index (χ3v) is 8.46. The Kier molecular flexibility index (Phi) is 6.64. The molecule has 31 heavy (non-hydrogen) atoms. The second kappa shape index (κ2) is 9.42. The minimum Gasteiger partial charge on any atom is -0.296 e. The van der Waals surface area contributed by atoms with Crippen LogP contribution >= 0.6 is 34.4 Å².